The first kappa shape index (κ1) is 15.2. The largest absolute Gasteiger partial charge is 0.492 e. The topological polar surface area (TPSA) is 72.5 Å². The van der Waals surface area contributed by atoms with E-state index in [0.29, 0.717) is 29.4 Å². The Balaban J connectivity index is 1.53. The molecule has 0 aliphatic carbocycles. The fraction of sp³-hybridized carbons (Fsp3) is 0.278. The van der Waals surface area contributed by atoms with Crippen LogP contribution in [0.2, 0.25) is 0 Å². The normalized spacial score (nSPS) is 20.1. The Labute approximate surface area is 140 Å². The predicted octanol–water partition coefficient (Wildman–Crippen LogP) is 1.92. The number of amides is 1. The minimum atomic E-state index is -3.25. The first-order valence-corrected chi connectivity index (χ1v) is 9.56. The number of carbonyl (C=O) groups is 1. The van der Waals surface area contributed by atoms with Crippen molar-refractivity contribution in [1.29, 1.82) is 0 Å². The van der Waals surface area contributed by atoms with Crippen molar-refractivity contribution in [3.8, 4) is 5.75 Å². The number of hydrogen-bond acceptors (Lipinski definition) is 4. The van der Waals surface area contributed by atoms with Crippen LogP contribution in [0.3, 0.4) is 0 Å². The van der Waals surface area contributed by atoms with Crippen molar-refractivity contribution in [2.45, 2.75) is 17.2 Å². The van der Waals surface area contributed by atoms with E-state index >= 15 is 0 Å². The van der Waals surface area contributed by atoms with E-state index < -0.39 is 9.84 Å². The molecule has 0 aromatic heterocycles. The third kappa shape index (κ3) is 2.47. The highest BCUT2D eigenvalue weighted by Gasteiger charge is 2.34. The van der Waals surface area contributed by atoms with Crippen molar-refractivity contribution in [3.63, 3.8) is 0 Å². The summed E-state index contributed by atoms with van der Waals surface area (Å²) in [4.78, 5) is 12.9. The van der Waals surface area contributed by atoms with Crippen LogP contribution in [0, 0.1) is 0 Å². The molecule has 2 aromatic carbocycles. The highest BCUT2D eigenvalue weighted by molar-refractivity contribution is 7.91. The third-order valence-corrected chi connectivity index (χ3v) is 6.47. The van der Waals surface area contributed by atoms with E-state index in [4.69, 9.17) is 4.74 Å². The molecule has 1 atom stereocenters. The fourth-order valence-electron chi connectivity index (χ4n) is 3.42. The molecular formula is C18H17NO4S. The molecule has 2 aliphatic heterocycles. The van der Waals surface area contributed by atoms with E-state index in [2.05, 4.69) is 5.32 Å². The van der Waals surface area contributed by atoms with E-state index in [-0.39, 0.29) is 17.6 Å². The van der Waals surface area contributed by atoms with Gasteiger partial charge in [0.15, 0.2) is 9.84 Å². The molecule has 5 nitrogen and oxygen atoms in total. The van der Waals surface area contributed by atoms with Crippen molar-refractivity contribution >= 4 is 15.7 Å². The second kappa shape index (κ2) is 5.63. The lowest BCUT2D eigenvalue weighted by Crippen LogP contribution is -2.29. The molecule has 2 aliphatic rings. The van der Waals surface area contributed by atoms with Gasteiger partial charge < -0.3 is 10.1 Å². The molecular weight excluding hydrogens is 326 g/mol. The number of benzene rings is 2. The summed E-state index contributed by atoms with van der Waals surface area (Å²) in [7, 11) is -3.25. The smallest absolute Gasteiger partial charge is 0.255 e. The quantitative estimate of drug-likeness (QED) is 0.924. The number of carbonyl (C=O) groups excluding carboxylic acids is 1. The maximum Gasteiger partial charge on any atom is 0.255 e. The molecule has 1 amide bonds. The van der Waals surface area contributed by atoms with E-state index in [9.17, 15) is 13.2 Å². The predicted molar refractivity (Wildman–Crippen MR) is 89.2 cm³/mol. The van der Waals surface area contributed by atoms with Gasteiger partial charge >= 0.3 is 0 Å². The Morgan fingerprint density at radius 1 is 1.17 bits per heavy atom. The maximum absolute atomic E-state index is 12.5. The van der Waals surface area contributed by atoms with Crippen molar-refractivity contribution in [2.24, 2.45) is 0 Å². The molecule has 24 heavy (non-hydrogen) atoms. The van der Waals surface area contributed by atoms with Crippen LogP contribution in [0.4, 0.5) is 0 Å². The lowest BCUT2D eigenvalue weighted by molar-refractivity contribution is 0.0948. The summed E-state index contributed by atoms with van der Waals surface area (Å²) in [6.45, 7) is 0.882. The molecule has 0 saturated carbocycles. The van der Waals surface area contributed by atoms with E-state index in [1.165, 1.54) is 0 Å². The van der Waals surface area contributed by atoms with Gasteiger partial charge in [0, 0.05) is 18.9 Å². The molecule has 2 aromatic rings. The number of sulfone groups is 1. The Hall–Kier alpha value is -2.34. The molecule has 4 rings (SSSR count). The van der Waals surface area contributed by atoms with E-state index in [1.54, 1.807) is 18.2 Å². The molecule has 0 radical (unpaired) electrons. The van der Waals surface area contributed by atoms with Gasteiger partial charge in [0.2, 0.25) is 0 Å². The van der Waals surface area contributed by atoms with E-state index in [0.717, 1.165) is 17.5 Å². The Morgan fingerprint density at radius 2 is 2.00 bits per heavy atom. The fourth-order valence-corrected chi connectivity index (χ4v) is 5.31. The highest BCUT2D eigenvalue weighted by atomic mass is 32.2. The van der Waals surface area contributed by atoms with Gasteiger partial charge in [-0.2, -0.15) is 0 Å². The van der Waals surface area contributed by atoms with Gasteiger partial charge in [-0.05, 0) is 23.3 Å². The molecule has 1 unspecified atom stereocenters. The van der Waals surface area contributed by atoms with Gasteiger partial charge in [0.1, 0.15) is 5.75 Å². The number of hydrogen-bond donors (Lipinski definition) is 1. The summed E-state index contributed by atoms with van der Waals surface area (Å²) in [5, 5.41) is 2.87. The summed E-state index contributed by atoms with van der Waals surface area (Å²) in [6.07, 6.45) is 0.810. The van der Waals surface area contributed by atoms with Gasteiger partial charge in [-0.25, -0.2) is 8.42 Å². The average molecular weight is 343 g/mol. The van der Waals surface area contributed by atoms with Crippen LogP contribution >= 0.6 is 0 Å². The number of nitrogens with one attached hydrogen (secondary N) is 1. The summed E-state index contributed by atoms with van der Waals surface area (Å²) in [5.74, 6) is 0.244. The Morgan fingerprint density at radius 3 is 2.88 bits per heavy atom. The molecule has 124 valence electrons. The van der Waals surface area contributed by atoms with Gasteiger partial charge in [-0.1, -0.05) is 30.3 Å². The van der Waals surface area contributed by atoms with Crippen molar-refractivity contribution in [1.82, 2.24) is 5.32 Å². The second-order valence-electron chi connectivity index (χ2n) is 6.12. The summed E-state index contributed by atoms with van der Waals surface area (Å²) >= 11 is 0. The summed E-state index contributed by atoms with van der Waals surface area (Å²) in [6, 6.07) is 12.5. The maximum atomic E-state index is 12.5. The molecule has 0 saturated heterocycles. The Kier molecular flexibility index (Phi) is 3.57. The van der Waals surface area contributed by atoms with Crippen LogP contribution in [0.15, 0.2) is 47.4 Å². The molecule has 0 spiro atoms. The van der Waals surface area contributed by atoms with Gasteiger partial charge in [0.25, 0.3) is 5.91 Å². The summed E-state index contributed by atoms with van der Waals surface area (Å²) < 4.78 is 30.0. The molecule has 2 heterocycles. The number of rotatable bonds is 3. The van der Waals surface area contributed by atoms with Crippen LogP contribution in [0.5, 0.6) is 5.75 Å². The number of ether oxygens (including phenoxy) is 1. The zero-order chi connectivity index (χ0) is 16.7. The zero-order valence-electron chi connectivity index (χ0n) is 13.0. The standard InChI is InChI=1S/C18H17NO4S/c20-18(15-6-3-4-12-8-9-23-17(12)15)19-10-13-11-24(21,22)16-7-2-1-5-14(13)16/h1-7,13H,8-11H2,(H,19,20). The second-order valence-corrected chi connectivity index (χ2v) is 8.12. The van der Waals surface area contributed by atoms with Gasteiger partial charge in [-0.15, -0.1) is 0 Å². The number of fused-ring (bicyclic) bond motifs is 2. The SMILES string of the molecule is O=C(NCC1CS(=O)(=O)c2ccccc21)c1cccc2c1OCC2. The lowest BCUT2D eigenvalue weighted by atomic mass is 10.0. The van der Waals surface area contributed by atoms with Crippen molar-refractivity contribution < 1.29 is 17.9 Å². The third-order valence-electron chi connectivity index (χ3n) is 4.58. The molecule has 1 N–H and O–H groups in total. The molecule has 6 heteroatoms. The Bertz CT molecular complexity index is 920. The van der Waals surface area contributed by atoms with Crippen LogP contribution in [0.1, 0.15) is 27.4 Å². The van der Waals surface area contributed by atoms with Crippen LogP contribution in [-0.2, 0) is 16.3 Å². The monoisotopic (exact) mass is 343 g/mol. The zero-order valence-corrected chi connectivity index (χ0v) is 13.8. The molecule has 0 fully saturated rings. The van der Waals surface area contributed by atoms with Crippen molar-refractivity contribution in [3.05, 3.63) is 59.2 Å². The minimum Gasteiger partial charge on any atom is -0.492 e. The van der Waals surface area contributed by atoms with Gasteiger partial charge in [0.05, 0.1) is 22.8 Å². The number of para-hydroxylation sites is 1. The van der Waals surface area contributed by atoms with Crippen LogP contribution in [-0.4, -0.2) is 33.2 Å². The van der Waals surface area contributed by atoms with Crippen LogP contribution in [0.25, 0.3) is 0 Å². The first-order chi connectivity index (χ1) is 11.6. The first-order valence-electron chi connectivity index (χ1n) is 7.91. The minimum absolute atomic E-state index is 0.0377. The van der Waals surface area contributed by atoms with E-state index in [1.807, 2.05) is 24.3 Å². The molecule has 0 bridgehead atoms. The summed E-state index contributed by atoms with van der Waals surface area (Å²) in [5.41, 5.74) is 2.34. The van der Waals surface area contributed by atoms with Crippen LogP contribution < -0.4 is 10.1 Å². The van der Waals surface area contributed by atoms with Crippen molar-refractivity contribution in [2.75, 3.05) is 18.9 Å². The van der Waals surface area contributed by atoms with Gasteiger partial charge in [-0.3, -0.25) is 4.79 Å². The lowest BCUT2D eigenvalue weighted by Gasteiger charge is -2.13. The average Bonchev–Trinajstić information content (AvgIpc) is 3.15. The highest BCUT2D eigenvalue weighted by Crippen LogP contribution is 2.34.